The summed E-state index contributed by atoms with van der Waals surface area (Å²) in [5.41, 5.74) is 1.12. The van der Waals surface area contributed by atoms with Crippen molar-refractivity contribution in [3.63, 3.8) is 0 Å². The maximum absolute atomic E-state index is 14.0. The van der Waals surface area contributed by atoms with Crippen LogP contribution >= 0.6 is 0 Å². The van der Waals surface area contributed by atoms with Gasteiger partial charge in [-0.2, -0.15) is 0 Å². The van der Waals surface area contributed by atoms with Gasteiger partial charge in [0.25, 0.3) is 5.91 Å². The van der Waals surface area contributed by atoms with E-state index < -0.39 is 5.54 Å². The predicted molar refractivity (Wildman–Crippen MR) is 133 cm³/mol. The molecule has 7 heteroatoms. The number of hydrogen-bond acceptors (Lipinski definition) is 4. The van der Waals surface area contributed by atoms with Crippen LogP contribution in [0.25, 0.3) is 11.5 Å². The number of rotatable bonds is 6. The number of ether oxygens (including phenoxy) is 1. The van der Waals surface area contributed by atoms with Crippen LogP contribution in [0, 0.1) is 0 Å². The zero-order chi connectivity index (χ0) is 24.4. The molecule has 1 aliphatic heterocycles. The summed E-state index contributed by atoms with van der Waals surface area (Å²) in [6.07, 6.45) is 8.24. The van der Waals surface area contributed by atoms with Crippen LogP contribution in [0.2, 0.25) is 0 Å². The van der Waals surface area contributed by atoms with Crippen LogP contribution in [0.4, 0.5) is 0 Å². The number of fused-ring (bicyclic) bond motifs is 1. The molecule has 0 saturated heterocycles. The molecular formula is C28H33N3O4. The molecule has 3 heterocycles. The van der Waals surface area contributed by atoms with Gasteiger partial charge in [-0.3, -0.25) is 9.59 Å². The summed E-state index contributed by atoms with van der Waals surface area (Å²) in [5, 5.41) is 3.31. The minimum Gasteiger partial charge on any atom is -0.496 e. The Bertz CT molecular complexity index is 1190. The molecule has 1 N–H and O–H groups in total. The van der Waals surface area contributed by atoms with Crippen LogP contribution in [0.3, 0.4) is 0 Å². The van der Waals surface area contributed by atoms with E-state index >= 15 is 0 Å². The second-order valence-electron chi connectivity index (χ2n) is 9.81. The van der Waals surface area contributed by atoms with Crippen LogP contribution in [0.5, 0.6) is 5.75 Å². The SMILES string of the molecule is COc1ccccc1CN1C(=O)c2ccc(-c3ccco3)n2C[C@@]1(C)C(=O)NC1CCCCCC1. The van der Waals surface area contributed by atoms with Crippen molar-refractivity contribution in [3.8, 4) is 17.2 Å². The van der Waals surface area contributed by atoms with Crippen LogP contribution in [-0.4, -0.2) is 40.0 Å². The number of nitrogens with one attached hydrogen (secondary N) is 1. The van der Waals surface area contributed by atoms with Gasteiger partial charge in [-0.1, -0.05) is 43.9 Å². The molecule has 0 spiro atoms. The number of hydrogen-bond donors (Lipinski definition) is 1. The fourth-order valence-corrected chi connectivity index (χ4v) is 5.43. The molecule has 5 rings (SSSR count). The number of carbonyl (C=O) groups excluding carboxylic acids is 2. The van der Waals surface area contributed by atoms with Crippen molar-refractivity contribution in [1.29, 1.82) is 0 Å². The van der Waals surface area contributed by atoms with Crippen molar-refractivity contribution >= 4 is 11.8 Å². The van der Waals surface area contributed by atoms with Gasteiger partial charge in [-0.05, 0) is 50.1 Å². The second-order valence-corrected chi connectivity index (χ2v) is 9.81. The van der Waals surface area contributed by atoms with Crippen molar-refractivity contribution in [2.24, 2.45) is 0 Å². The molecule has 35 heavy (non-hydrogen) atoms. The summed E-state index contributed by atoms with van der Waals surface area (Å²) in [6, 6.07) is 15.2. The van der Waals surface area contributed by atoms with Crippen molar-refractivity contribution < 1.29 is 18.7 Å². The number of aromatic nitrogens is 1. The number of nitrogens with zero attached hydrogens (tertiary/aromatic N) is 2. The standard InChI is InChI=1S/C28H33N3O4/c1-28(27(33)29-21-11-5-3-4-6-12-21)19-30-22(25-14-9-17-35-25)15-16-23(30)26(32)31(28)18-20-10-7-8-13-24(20)34-2/h7-10,13-17,21H,3-6,11-12,18-19H2,1-2H3,(H,29,33)/t28-/m0/s1. The van der Waals surface area contributed by atoms with Crippen LogP contribution in [0.15, 0.2) is 59.2 Å². The van der Waals surface area contributed by atoms with Crippen molar-refractivity contribution in [2.45, 2.75) is 70.1 Å². The van der Waals surface area contributed by atoms with Gasteiger partial charge >= 0.3 is 0 Å². The molecule has 1 fully saturated rings. The lowest BCUT2D eigenvalue weighted by Crippen LogP contribution is -2.64. The molecule has 2 aromatic heterocycles. The number of carbonyl (C=O) groups is 2. The summed E-state index contributed by atoms with van der Waals surface area (Å²) in [7, 11) is 1.62. The molecule has 0 radical (unpaired) electrons. The summed E-state index contributed by atoms with van der Waals surface area (Å²) in [6.45, 7) is 2.49. The number of methoxy groups -OCH3 is 1. The highest BCUT2D eigenvalue weighted by molar-refractivity contribution is 6.00. The number of para-hydroxylation sites is 1. The van der Waals surface area contributed by atoms with Gasteiger partial charge in [0.05, 0.1) is 32.2 Å². The first kappa shape index (κ1) is 23.3. The van der Waals surface area contributed by atoms with Crippen LogP contribution in [0.1, 0.15) is 61.5 Å². The molecular weight excluding hydrogens is 442 g/mol. The molecule has 1 aliphatic carbocycles. The predicted octanol–water partition coefficient (Wildman–Crippen LogP) is 5.01. The maximum atomic E-state index is 14.0. The molecule has 0 bridgehead atoms. The van der Waals surface area contributed by atoms with E-state index in [9.17, 15) is 9.59 Å². The second kappa shape index (κ2) is 9.64. The normalized spacial score (nSPS) is 20.9. The summed E-state index contributed by atoms with van der Waals surface area (Å²) in [5.74, 6) is 1.08. The zero-order valence-electron chi connectivity index (χ0n) is 20.5. The average molecular weight is 476 g/mol. The van der Waals surface area contributed by atoms with E-state index in [4.69, 9.17) is 9.15 Å². The molecule has 1 saturated carbocycles. The van der Waals surface area contributed by atoms with Gasteiger partial charge in [0.2, 0.25) is 5.91 Å². The third-order valence-corrected chi connectivity index (χ3v) is 7.48. The fourth-order valence-electron chi connectivity index (χ4n) is 5.43. The zero-order valence-corrected chi connectivity index (χ0v) is 20.5. The smallest absolute Gasteiger partial charge is 0.271 e. The first-order valence-corrected chi connectivity index (χ1v) is 12.5. The van der Waals surface area contributed by atoms with Crippen molar-refractivity contribution in [2.75, 3.05) is 7.11 Å². The molecule has 0 unspecified atom stereocenters. The Kier molecular flexibility index (Phi) is 6.41. The Morgan fingerprint density at radius 3 is 2.51 bits per heavy atom. The van der Waals surface area contributed by atoms with E-state index in [1.165, 1.54) is 12.8 Å². The fraction of sp³-hybridized carbons (Fsp3) is 0.429. The summed E-state index contributed by atoms with van der Waals surface area (Å²) in [4.78, 5) is 29.6. The van der Waals surface area contributed by atoms with Gasteiger partial charge in [-0.25, -0.2) is 0 Å². The van der Waals surface area contributed by atoms with E-state index in [2.05, 4.69) is 5.32 Å². The maximum Gasteiger partial charge on any atom is 0.271 e. The quantitative estimate of drug-likeness (QED) is 0.509. The van der Waals surface area contributed by atoms with Crippen molar-refractivity contribution in [3.05, 3.63) is 66.1 Å². The summed E-state index contributed by atoms with van der Waals surface area (Å²) < 4.78 is 13.1. The molecule has 2 aliphatic rings. The lowest BCUT2D eigenvalue weighted by molar-refractivity contribution is -0.134. The third-order valence-electron chi connectivity index (χ3n) is 7.48. The highest BCUT2D eigenvalue weighted by Gasteiger charge is 2.48. The molecule has 1 atom stereocenters. The van der Waals surface area contributed by atoms with Crippen LogP contribution in [-0.2, 0) is 17.9 Å². The van der Waals surface area contributed by atoms with Gasteiger partial charge in [-0.15, -0.1) is 0 Å². The van der Waals surface area contributed by atoms with Crippen molar-refractivity contribution in [1.82, 2.24) is 14.8 Å². The average Bonchev–Trinajstić information content (AvgIpc) is 3.47. The summed E-state index contributed by atoms with van der Waals surface area (Å²) >= 11 is 0. The van der Waals surface area contributed by atoms with Gasteiger partial charge in [0.15, 0.2) is 0 Å². The van der Waals surface area contributed by atoms with E-state index in [1.807, 2.05) is 60.0 Å². The van der Waals surface area contributed by atoms with E-state index in [-0.39, 0.29) is 24.4 Å². The van der Waals surface area contributed by atoms with Crippen LogP contribution < -0.4 is 10.1 Å². The minimum absolute atomic E-state index is 0.114. The lowest BCUT2D eigenvalue weighted by atomic mass is 9.92. The number of amides is 2. The topological polar surface area (TPSA) is 76.7 Å². The Morgan fingerprint density at radius 2 is 1.80 bits per heavy atom. The van der Waals surface area contributed by atoms with E-state index in [0.717, 1.165) is 36.9 Å². The highest BCUT2D eigenvalue weighted by atomic mass is 16.5. The van der Waals surface area contributed by atoms with Gasteiger partial charge < -0.3 is 23.9 Å². The molecule has 7 nitrogen and oxygen atoms in total. The van der Waals surface area contributed by atoms with E-state index in [1.54, 1.807) is 18.3 Å². The molecule has 1 aromatic carbocycles. The monoisotopic (exact) mass is 475 g/mol. The highest BCUT2D eigenvalue weighted by Crippen LogP contribution is 2.35. The Labute approximate surface area is 206 Å². The Morgan fingerprint density at radius 1 is 1.06 bits per heavy atom. The Hall–Kier alpha value is -3.48. The molecule has 3 aromatic rings. The molecule has 2 amide bonds. The number of furan rings is 1. The van der Waals surface area contributed by atoms with Gasteiger partial charge in [0, 0.05) is 11.6 Å². The Balaban J connectivity index is 1.53. The molecule has 184 valence electrons. The minimum atomic E-state index is -1.09. The van der Waals surface area contributed by atoms with E-state index in [0.29, 0.717) is 23.7 Å². The number of benzene rings is 1. The lowest BCUT2D eigenvalue weighted by Gasteiger charge is -2.45. The third kappa shape index (κ3) is 4.35. The largest absolute Gasteiger partial charge is 0.496 e. The first-order chi connectivity index (χ1) is 17.0. The van der Waals surface area contributed by atoms with Gasteiger partial charge in [0.1, 0.15) is 22.7 Å². The first-order valence-electron chi connectivity index (χ1n) is 12.5.